The predicted octanol–water partition coefficient (Wildman–Crippen LogP) is 1.24. The third-order valence-electron chi connectivity index (χ3n) is 3.31. The highest BCUT2D eigenvalue weighted by Gasteiger charge is 2.41. The molecule has 4 heteroatoms. The number of rotatable bonds is 3. The standard InChI is InChI=1S/C11H18N2O2/c1-2-13-8-7-12-10(13)9(14)11(15)5-3-4-6-11/h7-9,14-15H,2-6H2,1H3. The zero-order valence-electron chi connectivity index (χ0n) is 9.06. The average Bonchev–Trinajstić information content (AvgIpc) is 2.85. The van der Waals surface area contributed by atoms with Crippen LogP contribution in [0.15, 0.2) is 12.4 Å². The van der Waals surface area contributed by atoms with Crippen LogP contribution in [0.5, 0.6) is 0 Å². The quantitative estimate of drug-likeness (QED) is 0.789. The lowest BCUT2D eigenvalue weighted by atomic mass is 9.94. The minimum Gasteiger partial charge on any atom is -0.387 e. The molecule has 1 aliphatic carbocycles. The summed E-state index contributed by atoms with van der Waals surface area (Å²) in [4.78, 5) is 4.13. The molecule has 0 aliphatic heterocycles. The zero-order valence-corrected chi connectivity index (χ0v) is 9.06. The largest absolute Gasteiger partial charge is 0.387 e. The van der Waals surface area contributed by atoms with Crippen molar-refractivity contribution in [1.29, 1.82) is 0 Å². The average molecular weight is 210 g/mol. The third-order valence-corrected chi connectivity index (χ3v) is 3.31. The summed E-state index contributed by atoms with van der Waals surface area (Å²) >= 11 is 0. The lowest BCUT2D eigenvalue weighted by Crippen LogP contribution is -2.34. The van der Waals surface area contributed by atoms with Gasteiger partial charge in [0.2, 0.25) is 0 Å². The van der Waals surface area contributed by atoms with Gasteiger partial charge in [-0.2, -0.15) is 0 Å². The van der Waals surface area contributed by atoms with Crippen LogP contribution in [0.25, 0.3) is 0 Å². The van der Waals surface area contributed by atoms with E-state index in [2.05, 4.69) is 4.98 Å². The molecule has 2 rings (SSSR count). The van der Waals surface area contributed by atoms with Crippen molar-refractivity contribution in [3.8, 4) is 0 Å². The second-order valence-corrected chi connectivity index (χ2v) is 4.28. The molecule has 1 aromatic heterocycles. The molecule has 1 saturated carbocycles. The Morgan fingerprint density at radius 1 is 1.53 bits per heavy atom. The highest BCUT2D eigenvalue weighted by atomic mass is 16.3. The van der Waals surface area contributed by atoms with Gasteiger partial charge in [0.25, 0.3) is 0 Å². The second-order valence-electron chi connectivity index (χ2n) is 4.28. The maximum Gasteiger partial charge on any atom is 0.140 e. The van der Waals surface area contributed by atoms with Gasteiger partial charge in [0.15, 0.2) is 0 Å². The van der Waals surface area contributed by atoms with Crippen molar-refractivity contribution in [1.82, 2.24) is 9.55 Å². The summed E-state index contributed by atoms with van der Waals surface area (Å²) in [7, 11) is 0. The van der Waals surface area contributed by atoms with Crippen LogP contribution in [-0.4, -0.2) is 25.4 Å². The van der Waals surface area contributed by atoms with Crippen LogP contribution >= 0.6 is 0 Å². The van der Waals surface area contributed by atoms with Crippen LogP contribution in [0.4, 0.5) is 0 Å². The zero-order chi connectivity index (χ0) is 10.9. The Balaban J connectivity index is 2.23. The summed E-state index contributed by atoms with van der Waals surface area (Å²) in [6.07, 6.45) is 5.96. The molecule has 0 aromatic carbocycles. The van der Waals surface area contributed by atoms with E-state index in [1.807, 2.05) is 17.7 Å². The monoisotopic (exact) mass is 210 g/mol. The van der Waals surface area contributed by atoms with Crippen molar-refractivity contribution in [2.24, 2.45) is 0 Å². The van der Waals surface area contributed by atoms with Crippen molar-refractivity contribution in [3.05, 3.63) is 18.2 Å². The minimum absolute atomic E-state index is 0.585. The number of imidazole rings is 1. The van der Waals surface area contributed by atoms with E-state index in [0.717, 1.165) is 19.4 Å². The topological polar surface area (TPSA) is 58.3 Å². The molecule has 1 unspecified atom stereocenters. The van der Waals surface area contributed by atoms with Crippen LogP contribution in [0, 0.1) is 0 Å². The number of hydrogen-bond donors (Lipinski definition) is 2. The Morgan fingerprint density at radius 3 is 2.80 bits per heavy atom. The van der Waals surface area contributed by atoms with Crippen LogP contribution in [0.3, 0.4) is 0 Å². The maximum absolute atomic E-state index is 10.2. The first-order valence-electron chi connectivity index (χ1n) is 5.59. The SMILES string of the molecule is CCn1ccnc1C(O)C1(O)CCCC1. The summed E-state index contributed by atoms with van der Waals surface area (Å²) < 4.78 is 1.88. The smallest absolute Gasteiger partial charge is 0.140 e. The van der Waals surface area contributed by atoms with Crippen LogP contribution in [0.1, 0.15) is 44.5 Å². The van der Waals surface area contributed by atoms with E-state index in [0.29, 0.717) is 18.7 Å². The van der Waals surface area contributed by atoms with E-state index in [9.17, 15) is 10.2 Å². The van der Waals surface area contributed by atoms with Crippen molar-refractivity contribution >= 4 is 0 Å². The van der Waals surface area contributed by atoms with E-state index in [4.69, 9.17) is 0 Å². The number of nitrogens with zero attached hydrogens (tertiary/aromatic N) is 2. The highest BCUT2D eigenvalue weighted by Crippen LogP contribution is 2.39. The Bertz CT molecular complexity index is 329. The fraction of sp³-hybridized carbons (Fsp3) is 0.727. The maximum atomic E-state index is 10.2. The van der Waals surface area contributed by atoms with Gasteiger partial charge in [0.05, 0.1) is 5.60 Å². The van der Waals surface area contributed by atoms with Gasteiger partial charge in [-0.15, -0.1) is 0 Å². The molecule has 1 atom stereocenters. The first-order chi connectivity index (χ1) is 7.17. The lowest BCUT2D eigenvalue weighted by molar-refractivity contribution is -0.0771. The molecule has 0 amide bonds. The van der Waals surface area contributed by atoms with Gasteiger partial charge >= 0.3 is 0 Å². The van der Waals surface area contributed by atoms with Gasteiger partial charge in [0, 0.05) is 18.9 Å². The normalized spacial score (nSPS) is 21.8. The van der Waals surface area contributed by atoms with Crippen LogP contribution < -0.4 is 0 Å². The summed E-state index contributed by atoms with van der Waals surface area (Å²) in [5.74, 6) is 0.585. The molecule has 1 aromatic rings. The van der Waals surface area contributed by atoms with Gasteiger partial charge < -0.3 is 14.8 Å². The summed E-state index contributed by atoms with van der Waals surface area (Å²) in [6.45, 7) is 2.76. The number of aryl methyl sites for hydroxylation is 1. The molecular weight excluding hydrogens is 192 g/mol. The lowest BCUT2D eigenvalue weighted by Gasteiger charge is -2.28. The molecule has 0 spiro atoms. The first kappa shape index (κ1) is 10.6. The fourth-order valence-corrected chi connectivity index (χ4v) is 2.34. The van der Waals surface area contributed by atoms with Crippen molar-refractivity contribution in [2.75, 3.05) is 0 Å². The number of hydrogen-bond acceptors (Lipinski definition) is 3. The summed E-state index contributed by atoms with van der Waals surface area (Å²) in [6, 6.07) is 0. The number of aliphatic hydroxyl groups is 2. The first-order valence-corrected chi connectivity index (χ1v) is 5.59. The van der Waals surface area contributed by atoms with Gasteiger partial charge in [-0.1, -0.05) is 12.8 Å². The predicted molar refractivity (Wildman–Crippen MR) is 56.3 cm³/mol. The van der Waals surface area contributed by atoms with E-state index in [1.165, 1.54) is 0 Å². The van der Waals surface area contributed by atoms with Gasteiger partial charge in [-0.25, -0.2) is 4.98 Å². The van der Waals surface area contributed by atoms with Gasteiger partial charge in [0.1, 0.15) is 11.9 Å². The molecule has 15 heavy (non-hydrogen) atoms. The molecule has 4 nitrogen and oxygen atoms in total. The molecule has 0 saturated heterocycles. The van der Waals surface area contributed by atoms with Crippen LogP contribution in [0.2, 0.25) is 0 Å². The van der Waals surface area contributed by atoms with Crippen LogP contribution in [-0.2, 0) is 6.54 Å². The Hall–Kier alpha value is -0.870. The van der Waals surface area contributed by atoms with Crippen molar-refractivity contribution in [2.45, 2.75) is 50.9 Å². The molecule has 0 bridgehead atoms. The Labute approximate surface area is 89.6 Å². The summed E-state index contributed by atoms with van der Waals surface area (Å²) in [5.41, 5.74) is -0.960. The van der Waals surface area contributed by atoms with E-state index in [1.54, 1.807) is 6.20 Å². The molecule has 84 valence electrons. The van der Waals surface area contributed by atoms with E-state index >= 15 is 0 Å². The Morgan fingerprint density at radius 2 is 2.20 bits per heavy atom. The van der Waals surface area contributed by atoms with E-state index in [-0.39, 0.29) is 0 Å². The van der Waals surface area contributed by atoms with Gasteiger partial charge in [-0.3, -0.25) is 0 Å². The molecule has 1 aliphatic rings. The second kappa shape index (κ2) is 3.94. The molecule has 1 heterocycles. The molecule has 0 radical (unpaired) electrons. The molecule has 2 N–H and O–H groups in total. The minimum atomic E-state index is -0.960. The molecule has 1 fully saturated rings. The van der Waals surface area contributed by atoms with E-state index < -0.39 is 11.7 Å². The summed E-state index contributed by atoms with van der Waals surface area (Å²) in [5, 5.41) is 20.4. The highest BCUT2D eigenvalue weighted by molar-refractivity contribution is 5.05. The fourth-order valence-electron chi connectivity index (χ4n) is 2.34. The van der Waals surface area contributed by atoms with Crippen molar-refractivity contribution in [3.63, 3.8) is 0 Å². The Kier molecular flexibility index (Phi) is 2.80. The number of aromatic nitrogens is 2. The van der Waals surface area contributed by atoms with Gasteiger partial charge in [-0.05, 0) is 19.8 Å². The third kappa shape index (κ3) is 1.79. The van der Waals surface area contributed by atoms with Crippen molar-refractivity contribution < 1.29 is 10.2 Å². The molecular formula is C11H18N2O2. The number of aliphatic hydroxyl groups excluding tert-OH is 1.